The van der Waals surface area contributed by atoms with Crippen LogP contribution in [0.4, 0.5) is 0 Å². The topological polar surface area (TPSA) is 64.3 Å². The van der Waals surface area contributed by atoms with Gasteiger partial charge in [-0.1, -0.05) is 18.6 Å². The fourth-order valence-corrected chi connectivity index (χ4v) is 2.63. The lowest BCUT2D eigenvalue weighted by molar-refractivity contribution is -0.125. The van der Waals surface area contributed by atoms with E-state index < -0.39 is 0 Å². The van der Waals surface area contributed by atoms with Crippen LogP contribution in [0.25, 0.3) is 0 Å². The van der Waals surface area contributed by atoms with Crippen molar-refractivity contribution in [1.82, 2.24) is 5.32 Å². The van der Waals surface area contributed by atoms with Crippen LogP contribution in [0.2, 0.25) is 0 Å². The van der Waals surface area contributed by atoms with E-state index in [2.05, 4.69) is 5.32 Å². The molecular weight excluding hydrogens is 276 g/mol. The van der Waals surface area contributed by atoms with Crippen molar-refractivity contribution in [2.45, 2.75) is 38.3 Å². The molecule has 3 atom stereocenters. The van der Waals surface area contributed by atoms with Gasteiger partial charge in [0, 0.05) is 6.04 Å². The quantitative estimate of drug-likeness (QED) is 0.897. The van der Waals surface area contributed by atoms with Crippen LogP contribution in [0.15, 0.2) is 24.3 Å². The van der Waals surface area contributed by atoms with Crippen molar-refractivity contribution in [3.63, 3.8) is 0 Å². The number of hydrogen-bond donors (Lipinski definition) is 2. The lowest BCUT2D eigenvalue weighted by atomic mass is 10.0. The Morgan fingerprint density at radius 2 is 2.20 bits per heavy atom. The average Bonchev–Trinajstić information content (AvgIpc) is 2.85. The number of carbonyl (C=O) groups excluding carboxylic acids is 1. The predicted molar refractivity (Wildman–Crippen MR) is 82.1 cm³/mol. The van der Waals surface area contributed by atoms with Gasteiger partial charge < -0.3 is 15.8 Å². The Hall–Kier alpha value is -1.26. The molecule has 0 heterocycles. The minimum absolute atomic E-state index is 0. The maximum atomic E-state index is 12.2. The van der Waals surface area contributed by atoms with Gasteiger partial charge in [0.25, 0.3) is 0 Å². The van der Waals surface area contributed by atoms with Crippen molar-refractivity contribution in [2.24, 2.45) is 11.7 Å². The van der Waals surface area contributed by atoms with Gasteiger partial charge in [-0.25, -0.2) is 0 Å². The Bertz CT molecular complexity index is 453. The lowest BCUT2D eigenvalue weighted by Crippen LogP contribution is -2.39. The van der Waals surface area contributed by atoms with Crippen molar-refractivity contribution in [2.75, 3.05) is 7.11 Å². The van der Waals surface area contributed by atoms with Crippen molar-refractivity contribution in [3.8, 4) is 5.75 Å². The normalized spacial score (nSPS) is 22.8. The Morgan fingerprint density at radius 1 is 1.45 bits per heavy atom. The summed E-state index contributed by atoms with van der Waals surface area (Å²) < 4.78 is 5.19. The molecule has 0 aromatic heterocycles. The molecular formula is C15H23ClN2O2. The van der Waals surface area contributed by atoms with Crippen molar-refractivity contribution >= 4 is 18.3 Å². The lowest BCUT2D eigenvalue weighted by Gasteiger charge is -2.20. The molecule has 1 fully saturated rings. The SMILES string of the molecule is COc1cccc(C(C)NC(=O)C2CCCC2N)c1.Cl. The number of nitrogens with one attached hydrogen (secondary N) is 1. The molecule has 112 valence electrons. The summed E-state index contributed by atoms with van der Waals surface area (Å²) >= 11 is 0. The van der Waals surface area contributed by atoms with Gasteiger partial charge >= 0.3 is 0 Å². The molecule has 1 aromatic carbocycles. The third-order valence-corrected chi connectivity index (χ3v) is 3.86. The van der Waals surface area contributed by atoms with E-state index >= 15 is 0 Å². The van der Waals surface area contributed by atoms with E-state index in [9.17, 15) is 4.79 Å². The second-order valence-electron chi connectivity index (χ2n) is 5.21. The molecule has 2 rings (SSSR count). The number of methoxy groups -OCH3 is 1. The molecule has 0 radical (unpaired) electrons. The highest BCUT2D eigenvalue weighted by molar-refractivity contribution is 5.85. The summed E-state index contributed by atoms with van der Waals surface area (Å²) in [6, 6.07) is 7.73. The van der Waals surface area contributed by atoms with E-state index in [1.807, 2.05) is 31.2 Å². The minimum atomic E-state index is -0.0342. The summed E-state index contributed by atoms with van der Waals surface area (Å²) in [5.41, 5.74) is 7.00. The monoisotopic (exact) mass is 298 g/mol. The van der Waals surface area contributed by atoms with E-state index in [4.69, 9.17) is 10.5 Å². The van der Waals surface area contributed by atoms with Gasteiger partial charge in [0.1, 0.15) is 5.75 Å². The van der Waals surface area contributed by atoms with Gasteiger partial charge in [-0.2, -0.15) is 0 Å². The van der Waals surface area contributed by atoms with Gasteiger partial charge in [-0.05, 0) is 37.5 Å². The number of nitrogens with two attached hydrogens (primary N) is 1. The van der Waals surface area contributed by atoms with Crippen LogP contribution >= 0.6 is 12.4 Å². The van der Waals surface area contributed by atoms with Crippen LogP contribution in [-0.2, 0) is 4.79 Å². The third kappa shape index (κ3) is 3.87. The number of rotatable bonds is 4. The van der Waals surface area contributed by atoms with Gasteiger partial charge in [0.15, 0.2) is 0 Å². The molecule has 5 heteroatoms. The van der Waals surface area contributed by atoms with E-state index in [0.29, 0.717) is 0 Å². The van der Waals surface area contributed by atoms with Gasteiger partial charge in [-0.3, -0.25) is 4.79 Å². The number of amides is 1. The van der Waals surface area contributed by atoms with E-state index in [-0.39, 0.29) is 36.3 Å². The highest BCUT2D eigenvalue weighted by atomic mass is 35.5. The van der Waals surface area contributed by atoms with Crippen molar-refractivity contribution in [1.29, 1.82) is 0 Å². The first kappa shape index (κ1) is 16.8. The highest BCUT2D eigenvalue weighted by Crippen LogP contribution is 2.25. The highest BCUT2D eigenvalue weighted by Gasteiger charge is 2.30. The summed E-state index contributed by atoms with van der Waals surface area (Å²) in [5, 5.41) is 3.05. The zero-order valence-corrected chi connectivity index (χ0v) is 12.8. The molecule has 0 saturated heterocycles. The van der Waals surface area contributed by atoms with Crippen LogP contribution in [0, 0.1) is 5.92 Å². The molecule has 4 nitrogen and oxygen atoms in total. The molecule has 3 unspecified atom stereocenters. The van der Waals surface area contributed by atoms with E-state index in [1.54, 1.807) is 7.11 Å². The van der Waals surface area contributed by atoms with Crippen LogP contribution in [-0.4, -0.2) is 19.1 Å². The standard InChI is InChI=1S/C15H22N2O2.ClH/c1-10(11-5-3-6-12(9-11)19-2)17-15(18)13-7-4-8-14(13)16;/h3,5-6,9-10,13-14H,4,7-8,16H2,1-2H3,(H,17,18);1H. The molecule has 0 aliphatic heterocycles. The van der Waals surface area contributed by atoms with E-state index in [0.717, 1.165) is 30.6 Å². The Kier molecular flexibility index (Phi) is 6.30. The van der Waals surface area contributed by atoms with Crippen LogP contribution in [0.5, 0.6) is 5.75 Å². The molecule has 0 bridgehead atoms. The smallest absolute Gasteiger partial charge is 0.225 e. The molecule has 1 aliphatic carbocycles. The molecule has 1 amide bonds. The van der Waals surface area contributed by atoms with Crippen molar-refractivity contribution in [3.05, 3.63) is 29.8 Å². The fourth-order valence-electron chi connectivity index (χ4n) is 2.63. The summed E-state index contributed by atoms with van der Waals surface area (Å²) in [6.45, 7) is 1.98. The number of halogens is 1. The zero-order valence-electron chi connectivity index (χ0n) is 12.0. The maximum Gasteiger partial charge on any atom is 0.225 e. The number of benzene rings is 1. The largest absolute Gasteiger partial charge is 0.497 e. The second-order valence-corrected chi connectivity index (χ2v) is 5.21. The number of hydrogen-bond acceptors (Lipinski definition) is 3. The number of carbonyl (C=O) groups is 1. The van der Waals surface area contributed by atoms with E-state index in [1.165, 1.54) is 0 Å². The first-order chi connectivity index (χ1) is 9.11. The molecule has 1 aromatic rings. The first-order valence-corrected chi connectivity index (χ1v) is 6.81. The maximum absolute atomic E-state index is 12.2. The molecule has 0 spiro atoms. The Morgan fingerprint density at radius 3 is 2.80 bits per heavy atom. The average molecular weight is 299 g/mol. The first-order valence-electron chi connectivity index (χ1n) is 6.81. The van der Waals surface area contributed by atoms with Crippen molar-refractivity contribution < 1.29 is 9.53 Å². The third-order valence-electron chi connectivity index (χ3n) is 3.86. The van der Waals surface area contributed by atoms with Gasteiger partial charge in [-0.15, -0.1) is 12.4 Å². The van der Waals surface area contributed by atoms with Crippen LogP contribution in [0.1, 0.15) is 37.8 Å². The van der Waals surface area contributed by atoms with Crippen LogP contribution in [0.3, 0.4) is 0 Å². The fraction of sp³-hybridized carbons (Fsp3) is 0.533. The van der Waals surface area contributed by atoms with Gasteiger partial charge in [0.2, 0.25) is 5.91 Å². The van der Waals surface area contributed by atoms with Gasteiger partial charge in [0.05, 0.1) is 19.1 Å². The molecule has 20 heavy (non-hydrogen) atoms. The summed E-state index contributed by atoms with van der Waals surface area (Å²) in [5.74, 6) is 0.838. The molecule has 1 aliphatic rings. The molecule has 3 N–H and O–H groups in total. The summed E-state index contributed by atoms with van der Waals surface area (Å²) in [4.78, 5) is 12.2. The zero-order chi connectivity index (χ0) is 13.8. The number of ether oxygens (including phenoxy) is 1. The summed E-state index contributed by atoms with van der Waals surface area (Å²) in [7, 11) is 1.64. The molecule has 1 saturated carbocycles. The Balaban J connectivity index is 0.00000200. The minimum Gasteiger partial charge on any atom is -0.497 e. The Labute approximate surface area is 126 Å². The second kappa shape index (κ2) is 7.50. The predicted octanol–water partition coefficient (Wildman–Crippen LogP) is 2.42. The summed E-state index contributed by atoms with van der Waals surface area (Å²) in [6.07, 6.45) is 2.90. The van der Waals surface area contributed by atoms with Crippen LogP contribution < -0.4 is 15.8 Å².